The lowest BCUT2D eigenvalue weighted by Gasteiger charge is -2.33. The van der Waals surface area contributed by atoms with Gasteiger partial charge >= 0.3 is 0 Å². The number of nitrogens with zero attached hydrogens (tertiary/aromatic N) is 5. The molecule has 138 valence electrons. The topological polar surface area (TPSA) is 107 Å². The number of amides is 2. The molecule has 2 heterocycles. The van der Waals surface area contributed by atoms with Gasteiger partial charge in [-0.2, -0.15) is 4.68 Å². The molecule has 2 amide bonds. The number of benzene rings is 1. The van der Waals surface area contributed by atoms with Crippen LogP contribution in [0.15, 0.2) is 23.4 Å². The molecule has 1 atom stereocenters. The van der Waals surface area contributed by atoms with E-state index in [9.17, 15) is 9.59 Å². The normalized spacial score (nSPS) is 17.3. The largest absolute Gasteiger partial charge is 0.368 e. The highest BCUT2D eigenvalue weighted by molar-refractivity contribution is 7.99. The molecule has 1 aromatic carbocycles. The zero-order valence-electron chi connectivity index (χ0n) is 14.9. The Bertz CT molecular complexity index is 821. The lowest BCUT2D eigenvalue weighted by atomic mass is 10.0. The Hall–Kier alpha value is -2.42. The molecule has 0 saturated carbocycles. The van der Waals surface area contributed by atoms with Gasteiger partial charge in [0.2, 0.25) is 17.0 Å². The van der Waals surface area contributed by atoms with Crippen LogP contribution in [0, 0.1) is 13.8 Å². The smallest absolute Gasteiger partial charge is 0.240 e. The van der Waals surface area contributed by atoms with Crippen LogP contribution < -0.4 is 5.73 Å². The molecule has 8 nitrogen and oxygen atoms in total. The third-order valence-corrected chi connectivity index (χ3v) is 5.41. The van der Waals surface area contributed by atoms with Gasteiger partial charge in [0.15, 0.2) is 0 Å². The molecule has 3 rings (SSSR count). The molecule has 9 heteroatoms. The minimum Gasteiger partial charge on any atom is -0.368 e. The van der Waals surface area contributed by atoms with E-state index in [1.807, 2.05) is 32.0 Å². The maximum atomic E-state index is 12.6. The molecule has 0 spiro atoms. The summed E-state index contributed by atoms with van der Waals surface area (Å²) >= 11 is 1.26. The van der Waals surface area contributed by atoms with E-state index >= 15 is 0 Å². The Morgan fingerprint density at radius 1 is 1.31 bits per heavy atom. The number of thioether (sulfide) groups is 1. The van der Waals surface area contributed by atoms with Crippen LogP contribution in [0.4, 0.5) is 0 Å². The highest BCUT2D eigenvalue weighted by Gasteiger charge is 2.30. The summed E-state index contributed by atoms with van der Waals surface area (Å²) in [6, 6.07) is 5.54. The van der Waals surface area contributed by atoms with Crippen molar-refractivity contribution >= 4 is 23.6 Å². The van der Waals surface area contributed by atoms with Crippen molar-refractivity contribution in [1.82, 2.24) is 25.1 Å². The molecule has 2 aromatic rings. The number of hydrogen-bond acceptors (Lipinski definition) is 6. The van der Waals surface area contributed by atoms with Gasteiger partial charge in [0.25, 0.3) is 0 Å². The Morgan fingerprint density at radius 2 is 2.12 bits per heavy atom. The van der Waals surface area contributed by atoms with Crippen molar-refractivity contribution in [3.63, 3.8) is 0 Å². The maximum absolute atomic E-state index is 12.6. The first-order valence-corrected chi connectivity index (χ1v) is 9.53. The maximum Gasteiger partial charge on any atom is 0.240 e. The Morgan fingerprint density at radius 3 is 2.88 bits per heavy atom. The second-order valence-corrected chi connectivity index (χ2v) is 7.40. The minimum absolute atomic E-state index is 0.117. The zero-order valence-corrected chi connectivity index (χ0v) is 15.7. The summed E-state index contributed by atoms with van der Waals surface area (Å²) < 4.78 is 1.64. The molecular weight excluding hydrogens is 352 g/mol. The van der Waals surface area contributed by atoms with Crippen molar-refractivity contribution in [2.24, 2.45) is 5.73 Å². The molecule has 26 heavy (non-hydrogen) atoms. The van der Waals surface area contributed by atoms with Crippen molar-refractivity contribution in [2.75, 3.05) is 12.3 Å². The highest BCUT2D eigenvalue weighted by atomic mass is 32.2. The molecule has 2 N–H and O–H groups in total. The molecule has 0 unspecified atom stereocenters. The van der Waals surface area contributed by atoms with Crippen molar-refractivity contribution in [3.05, 3.63) is 29.3 Å². The number of likely N-dealkylation sites (tertiary alicyclic amines) is 1. The highest BCUT2D eigenvalue weighted by Crippen LogP contribution is 2.23. The number of piperidine rings is 1. The van der Waals surface area contributed by atoms with Crippen LogP contribution in [0.3, 0.4) is 0 Å². The van der Waals surface area contributed by atoms with Gasteiger partial charge < -0.3 is 10.6 Å². The van der Waals surface area contributed by atoms with Gasteiger partial charge in [-0.3, -0.25) is 9.59 Å². The second kappa shape index (κ2) is 7.86. The number of hydrogen-bond donors (Lipinski definition) is 1. The number of carbonyl (C=O) groups is 2. The van der Waals surface area contributed by atoms with Crippen LogP contribution in [0.5, 0.6) is 0 Å². The monoisotopic (exact) mass is 374 g/mol. The van der Waals surface area contributed by atoms with E-state index in [0.717, 1.165) is 29.7 Å². The van der Waals surface area contributed by atoms with Crippen LogP contribution in [0.2, 0.25) is 0 Å². The van der Waals surface area contributed by atoms with Crippen LogP contribution >= 0.6 is 11.8 Å². The number of aromatic nitrogens is 4. The Kier molecular flexibility index (Phi) is 5.55. The second-order valence-electron chi connectivity index (χ2n) is 6.45. The van der Waals surface area contributed by atoms with Gasteiger partial charge in [-0.15, -0.1) is 5.10 Å². The van der Waals surface area contributed by atoms with E-state index in [-0.39, 0.29) is 11.7 Å². The van der Waals surface area contributed by atoms with E-state index in [4.69, 9.17) is 5.73 Å². The first-order valence-electron chi connectivity index (χ1n) is 8.55. The number of primary amides is 1. The molecule has 0 aliphatic carbocycles. The lowest BCUT2D eigenvalue weighted by Crippen LogP contribution is -2.51. The van der Waals surface area contributed by atoms with Crippen molar-refractivity contribution in [1.29, 1.82) is 0 Å². The fourth-order valence-corrected chi connectivity index (χ4v) is 3.87. The molecular formula is C17H22N6O2S. The molecule has 1 fully saturated rings. The summed E-state index contributed by atoms with van der Waals surface area (Å²) in [5.74, 6) is -0.396. The van der Waals surface area contributed by atoms with E-state index in [2.05, 4.69) is 15.5 Å². The van der Waals surface area contributed by atoms with Gasteiger partial charge in [-0.05, 0) is 60.7 Å². The number of nitrogens with two attached hydrogens (primary N) is 1. The lowest BCUT2D eigenvalue weighted by molar-refractivity contribution is -0.138. The SMILES string of the molecule is Cc1ccc(C)c(-n2nnnc2SCC(=O)N2CCCC[C@H]2C(N)=O)c1. The average Bonchev–Trinajstić information content (AvgIpc) is 3.10. The molecule has 0 radical (unpaired) electrons. The van der Waals surface area contributed by atoms with E-state index in [0.29, 0.717) is 18.1 Å². The van der Waals surface area contributed by atoms with Crippen LogP contribution in [-0.4, -0.2) is 55.3 Å². The molecule has 1 saturated heterocycles. The molecule has 0 bridgehead atoms. The summed E-state index contributed by atoms with van der Waals surface area (Å²) in [4.78, 5) is 25.8. The minimum atomic E-state index is -0.508. The van der Waals surface area contributed by atoms with Gasteiger partial charge in [0, 0.05) is 6.54 Å². The summed E-state index contributed by atoms with van der Waals surface area (Å²) in [6.07, 6.45) is 2.43. The third-order valence-electron chi connectivity index (χ3n) is 4.51. The van der Waals surface area contributed by atoms with Crippen molar-refractivity contribution in [2.45, 2.75) is 44.3 Å². The first-order chi connectivity index (χ1) is 12.5. The summed E-state index contributed by atoms with van der Waals surface area (Å²) in [5.41, 5.74) is 8.47. The van der Waals surface area contributed by atoms with Crippen molar-refractivity contribution in [3.8, 4) is 5.69 Å². The Balaban J connectivity index is 1.73. The predicted octanol–water partition coefficient (Wildman–Crippen LogP) is 1.24. The van der Waals surface area contributed by atoms with E-state index < -0.39 is 11.9 Å². The number of rotatable bonds is 5. The standard InChI is InChI=1S/C17H22N6O2S/c1-11-6-7-12(2)14(9-11)23-17(19-20-21-23)26-10-15(24)22-8-4-3-5-13(22)16(18)25/h6-7,9,13H,3-5,8,10H2,1-2H3,(H2,18,25)/t13-/m0/s1. The first kappa shape index (κ1) is 18.4. The van der Waals surface area contributed by atoms with Gasteiger partial charge in [0.1, 0.15) is 6.04 Å². The molecule has 1 aliphatic heterocycles. The number of aryl methyl sites for hydroxylation is 2. The number of tetrazole rings is 1. The zero-order chi connectivity index (χ0) is 18.7. The summed E-state index contributed by atoms with van der Waals surface area (Å²) in [6.45, 7) is 4.56. The van der Waals surface area contributed by atoms with Gasteiger partial charge in [0.05, 0.1) is 11.4 Å². The fourth-order valence-electron chi connectivity index (χ4n) is 3.10. The van der Waals surface area contributed by atoms with Crippen LogP contribution in [-0.2, 0) is 9.59 Å². The third kappa shape index (κ3) is 3.87. The van der Waals surface area contributed by atoms with Crippen molar-refractivity contribution < 1.29 is 9.59 Å². The van der Waals surface area contributed by atoms with Crippen LogP contribution in [0.1, 0.15) is 30.4 Å². The van der Waals surface area contributed by atoms with Crippen LogP contribution in [0.25, 0.3) is 5.69 Å². The predicted molar refractivity (Wildman–Crippen MR) is 97.9 cm³/mol. The fraction of sp³-hybridized carbons (Fsp3) is 0.471. The quantitative estimate of drug-likeness (QED) is 0.789. The number of carbonyl (C=O) groups excluding carboxylic acids is 2. The van der Waals surface area contributed by atoms with E-state index in [1.165, 1.54) is 11.8 Å². The molecule has 1 aliphatic rings. The Labute approximate surface area is 156 Å². The average molecular weight is 374 g/mol. The summed E-state index contributed by atoms with van der Waals surface area (Å²) in [7, 11) is 0. The van der Waals surface area contributed by atoms with Gasteiger partial charge in [-0.1, -0.05) is 23.9 Å². The van der Waals surface area contributed by atoms with E-state index in [1.54, 1.807) is 9.58 Å². The molecule has 1 aromatic heterocycles. The summed E-state index contributed by atoms with van der Waals surface area (Å²) in [5, 5.41) is 12.4. The van der Waals surface area contributed by atoms with Gasteiger partial charge in [-0.25, -0.2) is 0 Å².